The fourth-order valence-corrected chi connectivity index (χ4v) is 3.47. The number of para-hydroxylation sites is 1. The molecule has 1 saturated heterocycles. The van der Waals surface area contributed by atoms with Crippen molar-refractivity contribution in [3.8, 4) is 0 Å². The fourth-order valence-electron chi connectivity index (χ4n) is 3.47. The zero-order chi connectivity index (χ0) is 18.4. The second kappa shape index (κ2) is 9.05. The highest BCUT2D eigenvalue weighted by Gasteiger charge is 2.20. The number of likely N-dealkylation sites (tertiary alicyclic amines) is 1. The van der Waals surface area contributed by atoms with Gasteiger partial charge >= 0.3 is 0 Å². The molecule has 0 saturated carbocycles. The average Bonchev–Trinajstić information content (AvgIpc) is 3.00. The van der Waals surface area contributed by atoms with E-state index in [1.807, 2.05) is 25.2 Å². The van der Waals surface area contributed by atoms with Crippen LogP contribution < -0.4 is 10.6 Å². The Labute approximate surface area is 155 Å². The van der Waals surface area contributed by atoms with Crippen molar-refractivity contribution in [3.05, 3.63) is 35.6 Å². The second-order valence-electron chi connectivity index (χ2n) is 6.83. The molecule has 0 amide bonds. The molecule has 3 rings (SSSR count). The van der Waals surface area contributed by atoms with Crippen LogP contribution in [0, 0.1) is 6.92 Å². The van der Waals surface area contributed by atoms with Crippen molar-refractivity contribution >= 4 is 16.9 Å². The van der Waals surface area contributed by atoms with Crippen molar-refractivity contribution < 1.29 is 9.15 Å². The van der Waals surface area contributed by atoms with Crippen LogP contribution >= 0.6 is 0 Å². The average molecular weight is 358 g/mol. The van der Waals surface area contributed by atoms with E-state index in [1.165, 1.54) is 10.9 Å². The Hall–Kier alpha value is -2.05. The highest BCUT2D eigenvalue weighted by atomic mass is 16.5. The van der Waals surface area contributed by atoms with E-state index in [1.54, 1.807) is 7.11 Å². The number of hydrogen-bond acceptors (Lipinski definition) is 4. The van der Waals surface area contributed by atoms with E-state index in [0.29, 0.717) is 12.6 Å². The third-order valence-corrected chi connectivity index (χ3v) is 5.12. The predicted octanol–water partition coefficient (Wildman–Crippen LogP) is 2.52. The third-order valence-electron chi connectivity index (χ3n) is 5.12. The first-order valence-corrected chi connectivity index (χ1v) is 9.36. The molecule has 1 aliphatic heterocycles. The first-order valence-electron chi connectivity index (χ1n) is 9.36. The summed E-state index contributed by atoms with van der Waals surface area (Å²) in [5, 5.41) is 8.11. The number of furan rings is 1. The molecule has 1 aliphatic rings. The van der Waals surface area contributed by atoms with Crippen molar-refractivity contribution in [1.29, 1.82) is 0 Å². The van der Waals surface area contributed by atoms with Gasteiger partial charge in [0.05, 0.1) is 13.2 Å². The Balaban J connectivity index is 1.50. The number of aliphatic imine (C=N–C) groups is 1. The van der Waals surface area contributed by atoms with Gasteiger partial charge < -0.3 is 24.7 Å². The number of aryl methyl sites for hydroxylation is 1. The van der Waals surface area contributed by atoms with Crippen molar-refractivity contribution in [2.24, 2.45) is 4.99 Å². The minimum Gasteiger partial charge on any atom is -0.459 e. The van der Waals surface area contributed by atoms with Crippen LogP contribution in [-0.2, 0) is 11.3 Å². The van der Waals surface area contributed by atoms with E-state index in [2.05, 4.69) is 33.5 Å². The van der Waals surface area contributed by atoms with Crippen LogP contribution in [0.3, 0.4) is 0 Å². The maximum absolute atomic E-state index is 5.97. The number of guanidine groups is 1. The van der Waals surface area contributed by atoms with Crippen LogP contribution in [-0.4, -0.2) is 57.3 Å². The molecule has 6 nitrogen and oxygen atoms in total. The van der Waals surface area contributed by atoms with E-state index in [0.717, 1.165) is 56.4 Å². The highest BCUT2D eigenvalue weighted by Crippen LogP contribution is 2.24. The number of rotatable bonds is 6. The molecule has 1 fully saturated rings. The number of benzene rings is 1. The second-order valence-corrected chi connectivity index (χ2v) is 6.83. The maximum Gasteiger partial charge on any atom is 0.191 e. The number of nitrogens with one attached hydrogen (secondary N) is 2. The van der Waals surface area contributed by atoms with Gasteiger partial charge in [0.1, 0.15) is 11.3 Å². The van der Waals surface area contributed by atoms with E-state index >= 15 is 0 Å². The van der Waals surface area contributed by atoms with Gasteiger partial charge in [-0.2, -0.15) is 0 Å². The summed E-state index contributed by atoms with van der Waals surface area (Å²) in [4.78, 5) is 6.82. The summed E-state index contributed by atoms with van der Waals surface area (Å²) in [5.74, 6) is 1.80. The normalized spacial score (nSPS) is 17.0. The van der Waals surface area contributed by atoms with Crippen molar-refractivity contribution in [1.82, 2.24) is 15.5 Å². The standard InChI is InChI=1S/C20H30N4O2/c1-15-17-6-4-5-7-18(17)26-19(15)14-22-20(21-2)23-16-8-10-24(11-9-16)12-13-25-3/h4-7,16H,8-14H2,1-3H3,(H2,21,22,23). The first kappa shape index (κ1) is 18.7. The number of ether oxygens (including phenoxy) is 1. The van der Waals surface area contributed by atoms with E-state index in [-0.39, 0.29) is 0 Å². The number of hydrogen-bond donors (Lipinski definition) is 2. The summed E-state index contributed by atoms with van der Waals surface area (Å²) >= 11 is 0. The lowest BCUT2D eigenvalue weighted by molar-refractivity contribution is 0.128. The van der Waals surface area contributed by atoms with Gasteiger partial charge in [0.2, 0.25) is 0 Å². The molecule has 2 heterocycles. The van der Waals surface area contributed by atoms with E-state index < -0.39 is 0 Å². The Morgan fingerprint density at radius 3 is 2.77 bits per heavy atom. The van der Waals surface area contributed by atoms with Gasteiger partial charge in [-0.05, 0) is 25.8 Å². The molecule has 1 aromatic carbocycles. The SMILES string of the molecule is CN=C(NCc1oc2ccccc2c1C)NC1CCN(CCOC)CC1. The van der Waals surface area contributed by atoms with Gasteiger partial charge in [0, 0.05) is 50.8 Å². The molecular formula is C20H30N4O2. The van der Waals surface area contributed by atoms with Gasteiger partial charge in [-0.1, -0.05) is 18.2 Å². The Bertz CT molecular complexity index is 732. The number of methoxy groups -OCH3 is 1. The first-order chi connectivity index (χ1) is 12.7. The van der Waals surface area contributed by atoms with Crippen LogP contribution in [0.1, 0.15) is 24.2 Å². The largest absolute Gasteiger partial charge is 0.459 e. The van der Waals surface area contributed by atoms with Gasteiger partial charge in [-0.15, -0.1) is 0 Å². The van der Waals surface area contributed by atoms with Gasteiger partial charge in [0.25, 0.3) is 0 Å². The zero-order valence-corrected chi connectivity index (χ0v) is 16.0. The van der Waals surface area contributed by atoms with Crippen molar-refractivity contribution in [3.63, 3.8) is 0 Å². The minimum absolute atomic E-state index is 0.455. The fraction of sp³-hybridized carbons (Fsp3) is 0.550. The molecule has 0 bridgehead atoms. The molecule has 26 heavy (non-hydrogen) atoms. The summed E-state index contributed by atoms with van der Waals surface area (Å²) < 4.78 is 11.1. The van der Waals surface area contributed by atoms with Crippen LogP contribution in [0.25, 0.3) is 11.0 Å². The quantitative estimate of drug-likeness (QED) is 0.614. The van der Waals surface area contributed by atoms with Crippen molar-refractivity contribution in [2.75, 3.05) is 40.4 Å². The van der Waals surface area contributed by atoms with E-state index in [4.69, 9.17) is 9.15 Å². The Kier molecular flexibility index (Phi) is 6.52. The lowest BCUT2D eigenvalue weighted by Crippen LogP contribution is -2.48. The Morgan fingerprint density at radius 2 is 2.08 bits per heavy atom. The molecule has 0 unspecified atom stereocenters. The maximum atomic E-state index is 5.97. The third kappa shape index (κ3) is 4.56. The van der Waals surface area contributed by atoms with Gasteiger partial charge in [-0.25, -0.2) is 0 Å². The lowest BCUT2D eigenvalue weighted by atomic mass is 10.1. The molecule has 0 spiro atoms. The molecule has 1 aromatic heterocycles. The topological polar surface area (TPSA) is 62.0 Å². The molecule has 0 radical (unpaired) electrons. The summed E-state index contributed by atoms with van der Waals surface area (Å²) in [7, 11) is 3.57. The summed E-state index contributed by atoms with van der Waals surface area (Å²) in [6.45, 7) is 6.75. The van der Waals surface area contributed by atoms with Crippen LogP contribution in [0.2, 0.25) is 0 Å². The monoisotopic (exact) mass is 358 g/mol. The predicted molar refractivity (Wildman–Crippen MR) is 106 cm³/mol. The zero-order valence-electron chi connectivity index (χ0n) is 16.0. The smallest absolute Gasteiger partial charge is 0.191 e. The van der Waals surface area contributed by atoms with E-state index in [9.17, 15) is 0 Å². The molecule has 6 heteroatoms. The van der Waals surface area contributed by atoms with Crippen LogP contribution in [0.15, 0.2) is 33.7 Å². The number of piperidine rings is 1. The van der Waals surface area contributed by atoms with Crippen molar-refractivity contribution in [2.45, 2.75) is 32.4 Å². The Morgan fingerprint density at radius 1 is 1.31 bits per heavy atom. The molecule has 2 N–H and O–H groups in total. The molecule has 0 aliphatic carbocycles. The molecule has 0 atom stereocenters. The molecule has 142 valence electrons. The number of nitrogens with zero attached hydrogens (tertiary/aromatic N) is 2. The summed E-state index contributed by atoms with van der Waals surface area (Å²) in [6, 6.07) is 8.61. The lowest BCUT2D eigenvalue weighted by Gasteiger charge is -2.32. The van der Waals surface area contributed by atoms with Gasteiger partial charge in [-0.3, -0.25) is 4.99 Å². The molecule has 2 aromatic rings. The highest BCUT2D eigenvalue weighted by molar-refractivity contribution is 5.83. The summed E-state index contributed by atoms with van der Waals surface area (Å²) in [5.41, 5.74) is 2.13. The van der Waals surface area contributed by atoms with Crippen LogP contribution in [0.4, 0.5) is 0 Å². The molecular weight excluding hydrogens is 328 g/mol. The number of fused-ring (bicyclic) bond motifs is 1. The van der Waals surface area contributed by atoms with Crippen LogP contribution in [0.5, 0.6) is 0 Å². The summed E-state index contributed by atoms with van der Waals surface area (Å²) in [6.07, 6.45) is 2.24. The minimum atomic E-state index is 0.455. The van der Waals surface area contributed by atoms with Gasteiger partial charge in [0.15, 0.2) is 5.96 Å².